The SMILES string of the molecule is CNC(=O)C1(NC(=O)N[C@H](c2cccnc2)c2ccc(C)cc2C)CCCCC1. The van der Waals surface area contributed by atoms with Crippen LogP contribution in [0.25, 0.3) is 0 Å². The van der Waals surface area contributed by atoms with Crippen molar-refractivity contribution in [1.82, 2.24) is 20.9 Å². The lowest BCUT2D eigenvalue weighted by Gasteiger charge is -2.36. The molecule has 1 fully saturated rings. The molecule has 1 aromatic heterocycles. The summed E-state index contributed by atoms with van der Waals surface area (Å²) in [7, 11) is 1.62. The fourth-order valence-electron chi connectivity index (χ4n) is 4.22. The lowest BCUT2D eigenvalue weighted by atomic mass is 9.81. The molecule has 2 aromatic rings. The number of nitrogens with one attached hydrogen (secondary N) is 3. The van der Waals surface area contributed by atoms with Gasteiger partial charge in [0.2, 0.25) is 5.91 Å². The number of aryl methyl sites for hydroxylation is 2. The molecule has 3 rings (SSSR count). The van der Waals surface area contributed by atoms with Gasteiger partial charge >= 0.3 is 6.03 Å². The van der Waals surface area contributed by atoms with Crippen molar-refractivity contribution >= 4 is 11.9 Å². The van der Waals surface area contributed by atoms with E-state index in [0.717, 1.165) is 36.0 Å². The van der Waals surface area contributed by atoms with Gasteiger partial charge in [0.25, 0.3) is 0 Å². The van der Waals surface area contributed by atoms with E-state index >= 15 is 0 Å². The molecular formula is C23H30N4O2. The number of carbonyl (C=O) groups is 2. The minimum absolute atomic E-state index is 0.128. The van der Waals surface area contributed by atoms with Crippen molar-refractivity contribution in [3.05, 3.63) is 65.0 Å². The molecule has 0 spiro atoms. The Hall–Kier alpha value is -2.89. The van der Waals surface area contributed by atoms with E-state index in [1.807, 2.05) is 38.1 Å². The van der Waals surface area contributed by atoms with Crippen LogP contribution in [0.2, 0.25) is 0 Å². The van der Waals surface area contributed by atoms with Crippen molar-refractivity contribution < 1.29 is 9.59 Å². The number of amides is 3. The quantitative estimate of drug-likeness (QED) is 0.725. The van der Waals surface area contributed by atoms with Gasteiger partial charge in [-0.1, -0.05) is 49.1 Å². The molecule has 0 saturated heterocycles. The van der Waals surface area contributed by atoms with E-state index in [4.69, 9.17) is 0 Å². The monoisotopic (exact) mass is 394 g/mol. The van der Waals surface area contributed by atoms with Crippen LogP contribution in [0, 0.1) is 13.8 Å². The van der Waals surface area contributed by atoms with Crippen LogP contribution in [0.5, 0.6) is 0 Å². The molecule has 6 nitrogen and oxygen atoms in total. The average molecular weight is 395 g/mol. The molecule has 0 radical (unpaired) electrons. The zero-order valence-corrected chi connectivity index (χ0v) is 17.4. The lowest BCUT2D eigenvalue weighted by Crippen LogP contribution is -2.61. The van der Waals surface area contributed by atoms with Gasteiger partial charge in [0.05, 0.1) is 6.04 Å². The molecule has 3 N–H and O–H groups in total. The number of benzene rings is 1. The van der Waals surface area contributed by atoms with Gasteiger partial charge in [-0.2, -0.15) is 0 Å². The average Bonchev–Trinajstić information content (AvgIpc) is 2.73. The van der Waals surface area contributed by atoms with E-state index < -0.39 is 5.54 Å². The van der Waals surface area contributed by atoms with Gasteiger partial charge in [-0.25, -0.2) is 4.79 Å². The van der Waals surface area contributed by atoms with Crippen LogP contribution in [0.4, 0.5) is 4.79 Å². The number of aromatic nitrogens is 1. The third-order valence-corrected chi connectivity index (χ3v) is 5.75. The van der Waals surface area contributed by atoms with Gasteiger partial charge in [-0.15, -0.1) is 0 Å². The molecule has 0 bridgehead atoms. The van der Waals surface area contributed by atoms with Crippen LogP contribution < -0.4 is 16.0 Å². The fraction of sp³-hybridized carbons (Fsp3) is 0.435. The Labute approximate surface area is 172 Å². The standard InChI is InChI=1S/C23H30N4O2/c1-16-9-10-19(17(2)14-16)20(18-8-7-13-25-15-18)26-22(29)27-23(21(28)24-3)11-5-4-6-12-23/h7-10,13-15,20H,4-6,11-12H2,1-3H3,(H,24,28)(H2,26,27,29)/t20-/m1/s1. The van der Waals surface area contributed by atoms with E-state index in [0.29, 0.717) is 12.8 Å². The van der Waals surface area contributed by atoms with Crippen molar-refractivity contribution in [3.8, 4) is 0 Å². The number of nitrogens with zero attached hydrogens (tertiary/aromatic N) is 1. The molecule has 1 aromatic carbocycles. The van der Waals surface area contributed by atoms with Gasteiger partial charge in [0, 0.05) is 19.4 Å². The molecule has 154 valence electrons. The van der Waals surface area contributed by atoms with Gasteiger partial charge in [0.1, 0.15) is 5.54 Å². The predicted octanol–water partition coefficient (Wildman–Crippen LogP) is 3.54. The second kappa shape index (κ2) is 9.07. The summed E-state index contributed by atoms with van der Waals surface area (Å²) in [4.78, 5) is 29.8. The largest absolute Gasteiger partial charge is 0.357 e. The second-order valence-corrected chi connectivity index (χ2v) is 7.90. The van der Waals surface area contributed by atoms with Crippen molar-refractivity contribution in [3.63, 3.8) is 0 Å². The number of pyridine rings is 1. The van der Waals surface area contributed by atoms with E-state index in [-0.39, 0.29) is 18.0 Å². The molecule has 0 unspecified atom stereocenters. The maximum Gasteiger partial charge on any atom is 0.316 e. The summed E-state index contributed by atoms with van der Waals surface area (Å²) >= 11 is 0. The van der Waals surface area contributed by atoms with E-state index in [9.17, 15) is 9.59 Å². The summed E-state index contributed by atoms with van der Waals surface area (Å²) in [5.41, 5.74) is 3.32. The van der Waals surface area contributed by atoms with Gasteiger partial charge in [-0.05, 0) is 49.4 Å². The van der Waals surface area contributed by atoms with Gasteiger partial charge < -0.3 is 16.0 Å². The molecule has 0 aliphatic heterocycles. The van der Waals surface area contributed by atoms with Crippen molar-refractivity contribution in [2.24, 2.45) is 0 Å². The first-order valence-corrected chi connectivity index (χ1v) is 10.2. The maximum absolute atomic E-state index is 13.0. The minimum atomic E-state index is -0.848. The molecule has 1 aliphatic rings. The van der Waals surface area contributed by atoms with Crippen LogP contribution in [0.15, 0.2) is 42.7 Å². The highest BCUT2D eigenvalue weighted by atomic mass is 16.2. The molecule has 6 heteroatoms. The molecule has 1 atom stereocenters. The van der Waals surface area contributed by atoms with Crippen LogP contribution >= 0.6 is 0 Å². The highest BCUT2D eigenvalue weighted by Crippen LogP contribution is 2.29. The Morgan fingerprint density at radius 2 is 1.86 bits per heavy atom. The zero-order chi connectivity index (χ0) is 20.9. The molecular weight excluding hydrogens is 364 g/mol. The third-order valence-electron chi connectivity index (χ3n) is 5.75. The fourth-order valence-corrected chi connectivity index (χ4v) is 4.22. The molecule has 1 heterocycles. The number of carbonyl (C=O) groups excluding carboxylic acids is 2. The third kappa shape index (κ3) is 4.75. The zero-order valence-electron chi connectivity index (χ0n) is 17.4. The Bertz CT molecular complexity index is 860. The summed E-state index contributed by atoms with van der Waals surface area (Å²) in [5, 5.41) is 8.81. The highest BCUT2D eigenvalue weighted by molar-refractivity contribution is 5.91. The summed E-state index contributed by atoms with van der Waals surface area (Å²) in [6.45, 7) is 4.09. The molecule has 29 heavy (non-hydrogen) atoms. The Balaban J connectivity index is 1.87. The smallest absolute Gasteiger partial charge is 0.316 e. The first kappa shape index (κ1) is 20.8. The van der Waals surface area contributed by atoms with Crippen LogP contribution in [-0.2, 0) is 4.79 Å². The summed E-state index contributed by atoms with van der Waals surface area (Å²) in [5.74, 6) is -0.128. The minimum Gasteiger partial charge on any atom is -0.357 e. The number of rotatable bonds is 5. The Morgan fingerprint density at radius 3 is 2.48 bits per heavy atom. The van der Waals surface area contributed by atoms with Crippen LogP contribution in [0.1, 0.15) is 60.4 Å². The normalized spacial score (nSPS) is 16.5. The van der Waals surface area contributed by atoms with E-state index in [1.165, 1.54) is 5.56 Å². The molecule has 3 amide bonds. The van der Waals surface area contributed by atoms with Gasteiger partial charge in [-0.3, -0.25) is 9.78 Å². The maximum atomic E-state index is 13.0. The number of urea groups is 1. The topological polar surface area (TPSA) is 83.1 Å². The van der Waals surface area contributed by atoms with Crippen LogP contribution in [0.3, 0.4) is 0 Å². The number of hydrogen-bond acceptors (Lipinski definition) is 3. The summed E-state index contributed by atoms with van der Waals surface area (Å²) < 4.78 is 0. The van der Waals surface area contributed by atoms with E-state index in [1.54, 1.807) is 19.4 Å². The summed E-state index contributed by atoms with van der Waals surface area (Å²) in [6.07, 6.45) is 7.73. The number of hydrogen-bond donors (Lipinski definition) is 3. The lowest BCUT2D eigenvalue weighted by molar-refractivity contribution is -0.128. The van der Waals surface area contributed by atoms with Crippen molar-refractivity contribution in [1.29, 1.82) is 0 Å². The second-order valence-electron chi connectivity index (χ2n) is 7.90. The number of likely N-dealkylation sites (N-methyl/N-ethyl adjacent to an activating group) is 1. The van der Waals surface area contributed by atoms with Crippen LogP contribution in [-0.4, -0.2) is 29.5 Å². The van der Waals surface area contributed by atoms with Crippen molar-refractivity contribution in [2.75, 3.05) is 7.05 Å². The Kier molecular flexibility index (Phi) is 6.52. The predicted molar refractivity (Wildman–Crippen MR) is 114 cm³/mol. The van der Waals surface area contributed by atoms with Crippen molar-refractivity contribution in [2.45, 2.75) is 57.5 Å². The highest BCUT2D eigenvalue weighted by Gasteiger charge is 2.40. The van der Waals surface area contributed by atoms with Gasteiger partial charge in [0.15, 0.2) is 0 Å². The molecule has 1 saturated carbocycles. The first-order valence-electron chi connectivity index (χ1n) is 10.2. The Morgan fingerprint density at radius 1 is 1.10 bits per heavy atom. The summed E-state index contributed by atoms with van der Waals surface area (Å²) in [6, 6.07) is 9.30. The van der Waals surface area contributed by atoms with E-state index in [2.05, 4.69) is 27.0 Å². The first-order chi connectivity index (χ1) is 13.9. The molecule has 1 aliphatic carbocycles.